The van der Waals surface area contributed by atoms with Gasteiger partial charge in [0.05, 0.1) is 0 Å². The summed E-state index contributed by atoms with van der Waals surface area (Å²) in [6, 6.07) is 10.2. The molecule has 0 saturated carbocycles. The highest BCUT2D eigenvalue weighted by Gasteiger charge is 2.03. The summed E-state index contributed by atoms with van der Waals surface area (Å²) in [5.74, 6) is 0. The summed E-state index contributed by atoms with van der Waals surface area (Å²) in [4.78, 5) is 13.4. The molecule has 0 aliphatic heterocycles. The SMILES string of the molecule is CC(C)NC(=O)NCCN(C)c1ccccc1. The quantitative estimate of drug-likeness (QED) is 0.817. The van der Waals surface area contributed by atoms with E-state index in [0.29, 0.717) is 6.54 Å². The van der Waals surface area contributed by atoms with E-state index in [2.05, 4.69) is 15.5 Å². The summed E-state index contributed by atoms with van der Waals surface area (Å²) in [5, 5.41) is 5.61. The molecule has 2 N–H and O–H groups in total. The van der Waals surface area contributed by atoms with Crippen molar-refractivity contribution >= 4 is 11.7 Å². The molecule has 0 aromatic heterocycles. The lowest BCUT2D eigenvalue weighted by molar-refractivity contribution is 0.239. The van der Waals surface area contributed by atoms with Crippen LogP contribution in [0.4, 0.5) is 10.5 Å². The van der Waals surface area contributed by atoms with Crippen molar-refractivity contribution in [3.05, 3.63) is 30.3 Å². The Bertz CT molecular complexity index is 338. The number of anilines is 1. The lowest BCUT2D eigenvalue weighted by atomic mass is 10.3. The van der Waals surface area contributed by atoms with Crippen LogP contribution in [0.5, 0.6) is 0 Å². The maximum atomic E-state index is 11.3. The van der Waals surface area contributed by atoms with Crippen molar-refractivity contribution in [3.63, 3.8) is 0 Å². The van der Waals surface area contributed by atoms with Crippen molar-refractivity contribution < 1.29 is 4.79 Å². The highest BCUT2D eigenvalue weighted by atomic mass is 16.2. The molecule has 0 heterocycles. The van der Waals surface area contributed by atoms with Crippen LogP contribution in [-0.2, 0) is 0 Å². The topological polar surface area (TPSA) is 44.4 Å². The Morgan fingerprint density at radius 1 is 1.29 bits per heavy atom. The molecule has 0 fully saturated rings. The van der Waals surface area contributed by atoms with Gasteiger partial charge in [-0.15, -0.1) is 0 Å². The van der Waals surface area contributed by atoms with Gasteiger partial charge in [0, 0.05) is 31.9 Å². The van der Waals surface area contributed by atoms with Crippen LogP contribution in [0, 0.1) is 0 Å². The van der Waals surface area contributed by atoms with E-state index in [1.165, 1.54) is 0 Å². The van der Waals surface area contributed by atoms with Crippen LogP contribution < -0.4 is 15.5 Å². The number of likely N-dealkylation sites (N-methyl/N-ethyl adjacent to an activating group) is 1. The molecule has 4 heteroatoms. The Morgan fingerprint density at radius 3 is 2.53 bits per heavy atom. The third-order valence-electron chi connectivity index (χ3n) is 2.35. The number of nitrogens with zero attached hydrogens (tertiary/aromatic N) is 1. The molecule has 0 aliphatic rings. The number of hydrogen-bond donors (Lipinski definition) is 2. The monoisotopic (exact) mass is 235 g/mol. The lowest BCUT2D eigenvalue weighted by Gasteiger charge is -2.19. The Hall–Kier alpha value is -1.71. The van der Waals surface area contributed by atoms with E-state index in [9.17, 15) is 4.79 Å². The van der Waals surface area contributed by atoms with Crippen LogP contribution in [0.3, 0.4) is 0 Å². The Balaban J connectivity index is 2.25. The van der Waals surface area contributed by atoms with Crippen LogP contribution in [0.2, 0.25) is 0 Å². The lowest BCUT2D eigenvalue weighted by Crippen LogP contribution is -2.42. The van der Waals surface area contributed by atoms with Crippen molar-refractivity contribution in [1.82, 2.24) is 10.6 Å². The number of benzene rings is 1. The number of rotatable bonds is 5. The first-order chi connectivity index (χ1) is 8.09. The molecule has 0 atom stereocenters. The molecule has 2 amide bonds. The first-order valence-corrected chi connectivity index (χ1v) is 5.90. The van der Waals surface area contributed by atoms with Gasteiger partial charge in [-0.05, 0) is 26.0 Å². The molecule has 1 aromatic rings. The second-order valence-electron chi connectivity index (χ2n) is 4.31. The molecule has 17 heavy (non-hydrogen) atoms. The van der Waals surface area contributed by atoms with Gasteiger partial charge in [0.15, 0.2) is 0 Å². The average Bonchev–Trinajstić information content (AvgIpc) is 2.29. The zero-order valence-corrected chi connectivity index (χ0v) is 10.7. The summed E-state index contributed by atoms with van der Waals surface area (Å²) in [6.07, 6.45) is 0. The van der Waals surface area contributed by atoms with Gasteiger partial charge in [0.2, 0.25) is 0 Å². The molecule has 0 saturated heterocycles. The molecular weight excluding hydrogens is 214 g/mol. The van der Waals surface area contributed by atoms with Crippen LogP contribution in [0.1, 0.15) is 13.8 Å². The minimum absolute atomic E-state index is 0.110. The molecule has 4 nitrogen and oxygen atoms in total. The number of urea groups is 1. The first-order valence-electron chi connectivity index (χ1n) is 5.90. The third-order valence-corrected chi connectivity index (χ3v) is 2.35. The summed E-state index contributed by atoms with van der Waals surface area (Å²) in [6.45, 7) is 5.30. The third kappa shape index (κ3) is 5.24. The summed E-state index contributed by atoms with van der Waals surface area (Å²) in [7, 11) is 2.01. The average molecular weight is 235 g/mol. The van der Waals surface area contributed by atoms with Gasteiger partial charge in [-0.1, -0.05) is 18.2 Å². The highest BCUT2D eigenvalue weighted by molar-refractivity contribution is 5.74. The van der Waals surface area contributed by atoms with Gasteiger partial charge in [-0.25, -0.2) is 4.79 Å². The number of carbonyl (C=O) groups is 1. The largest absolute Gasteiger partial charge is 0.373 e. The summed E-state index contributed by atoms with van der Waals surface area (Å²) < 4.78 is 0. The van der Waals surface area contributed by atoms with Crippen LogP contribution in [0.15, 0.2) is 30.3 Å². The number of carbonyl (C=O) groups excluding carboxylic acids is 1. The molecule has 94 valence electrons. The minimum atomic E-state index is -0.110. The smallest absolute Gasteiger partial charge is 0.315 e. The van der Waals surface area contributed by atoms with Crippen molar-refractivity contribution in [2.24, 2.45) is 0 Å². The Kier molecular flexibility index (Phi) is 5.33. The minimum Gasteiger partial charge on any atom is -0.373 e. The van der Waals surface area contributed by atoms with Gasteiger partial charge >= 0.3 is 6.03 Å². The maximum Gasteiger partial charge on any atom is 0.315 e. The number of amides is 2. The van der Waals surface area contributed by atoms with Crippen LogP contribution >= 0.6 is 0 Å². The number of hydrogen-bond acceptors (Lipinski definition) is 2. The molecule has 1 aromatic carbocycles. The summed E-state index contributed by atoms with van der Waals surface area (Å²) >= 11 is 0. The predicted octanol–water partition coefficient (Wildman–Crippen LogP) is 1.83. The van der Waals surface area contributed by atoms with Gasteiger partial charge < -0.3 is 15.5 Å². The van der Waals surface area contributed by atoms with E-state index in [1.54, 1.807) is 0 Å². The normalized spacial score (nSPS) is 10.1. The molecule has 0 spiro atoms. The molecule has 1 rings (SSSR count). The van der Waals surface area contributed by atoms with Crippen molar-refractivity contribution in [2.45, 2.75) is 19.9 Å². The van der Waals surface area contributed by atoms with E-state index >= 15 is 0 Å². The Labute approximate surface area is 103 Å². The van der Waals surface area contributed by atoms with Crippen LogP contribution in [-0.4, -0.2) is 32.2 Å². The van der Waals surface area contributed by atoms with Gasteiger partial charge in [0.1, 0.15) is 0 Å². The number of para-hydroxylation sites is 1. The van der Waals surface area contributed by atoms with Crippen molar-refractivity contribution in [1.29, 1.82) is 0 Å². The Morgan fingerprint density at radius 2 is 1.94 bits per heavy atom. The van der Waals surface area contributed by atoms with Crippen molar-refractivity contribution in [3.8, 4) is 0 Å². The van der Waals surface area contributed by atoms with E-state index in [1.807, 2.05) is 51.2 Å². The highest BCUT2D eigenvalue weighted by Crippen LogP contribution is 2.09. The van der Waals surface area contributed by atoms with E-state index in [0.717, 1.165) is 12.2 Å². The second-order valence-corrected chi connectivity index (χ2v) is 4.31. The predicted molar refractivity (Wildman–Crippen MR) is 71.4 cm³/mol. The summed E-state index contributed by atoms with van der Waals surface area (Å²) in [5.41, 5.74) is 1.15. The van der Waals surface area contributed by atoms with Gasteiger partial charge in [-0.2, -0.15) is 0 Å². The molecule has 0 bridgehead atoms. The standard InChI is InChI=1S/C13H21N3O/c1-11(2)15-13(17)14-9-10-16(3)12-7-5-4-6-8-12/h4-8,11H,9-10H2,1-3H3,(H2,14,15,17). The van der Waals surface area contributed by atoms with E-state index in [4.69, 9.17) is 0 Å². The van der Waals surface area contributed by atoms with Gasteiger partial charge in [0.25, 0.3) is 0 Å². The maximum absolute atomic E-state index is 11.3. The first kappa shape index (κ1) is 13.4. The number of nitrogens with one attached hydrogen (secondary N) is 2. The second kappa shape index (κ2) is 6.78. The zero-order chi connectivity index (χ0) is 12.7. The van der Waals surface area contributed by atoms with Gasteiger partial charge in [-0.3, -0.25) is 0 Å². The zero-order valence-electron chi connectivity index (χ0n) is 10.7. The van der Waals surface area contributed by atoms with Crippen LogP contribution in [0.25, 0.3) is 0 Å². The fourth-order valence-electron chi connectivity index (χ4n) is 1.46. The van der Waals surface area contributed by atoms with E-state index < -0.39 is 0 Å². The van der Waals surface area contributed by atoms with Crippen molar-refractivity contribution in [2.75, 3.05) is 25.0 Å². The molecular formula is C13H21N3O. The molecule has 0 unspecified atom stereocenters. The molecule has 0 radical (unpaired) electrons. The molecule has 0 aliphatic carbocycles. The fourth-order valence-corrected chi connectivity index (χ4v) is 1.46. The fraction of sp³-hybridized carbons (Fsp3) is 0.462. The van der Waals surface area contributed by atoms with E-state index in [-0.39, 0.29) is 12.1 Å².